The SMILES string of the molecule is CSCCC(NC(=O)CNC(=O)C(Cc1c[nH]c2ccccc12)NC(=O)C(N)CCCN=C(N)N)C(=O)O. The van der Waals surface area contributed by atoms with Crippen molar-refractivity contribution in [3.63, 3.8) is 0 Å². The second kappa shape index (κ2) is 15.5. The van der Waals surface area contributed by atoms with Gasteiger partial charge in [-0.3, -0.25) is 19.4 Å². The molecule has 0 aliphatic rings. The first-order valence-electron chi connectivity index (χ1n) is 12.1. The molecule has 0 aliphatic carbocycles. The van der Waals surface area contributed by atoms with Gasteiger partial charge in [-0.05, 0) is 42.9 Å². The number of thioether (sulfide) groups is 1. The van der Waals surface area contributed by atoms with Crippen LogP contribution in [0.25, 0.3) is 10.9 Å². The largest absolute Gasteiger partial charge is 0.480 e. The van der Waals surface area contributed by atoms with E-state index in [2.05, 4.69) is 25.9 Å². The van der Waals surface area contributed by atoms with Gasteiger partial charge >= 0.3 is 5.97 Å². The van der Waals surface area contributed by atoms with Gasteiger partial charge in [-0.15, -0.1) is 0 Å². The number of benzene rings is 1. The minimum absolute atomic E-state index is 0.0542. The van der Waals surface area contributed by atoms with Crippen molar-refractivity contribution in [3.05, 3.63) is 36.0 Å². The summed E-state index contributed by atoms with van der Waals surface area (Å²) in [5, 5.41) is 17.8. The van der Waals surface area contributed by atoms with Gasteiger partial charge in [-0.25, -0.2) is 4.79 Å². The van der Waals surface area contributed by atoms with Gasteiger partial charge in [-0.2, -0.15) is 11.8 Å². The number of rotatable bonds is 16. The van der Waals surface area contributed by atoms with Crippen LogP contribution in [0.1, 0.15) is 24.8 Å². The Labute approximate surface area is 224 Å². The summed E-state index contributed by atoms with van der Waals surface area (Å²) in [4.78, 5) is 56.6. The number of aromatic amines is 1. The molecule has 208 valence electrons. The van der Waals surface area contributed by atoms with Crippen molar-refractivity contribution in [2.75, 3.05) is 25.1 Å². The van der Waals surface area contributed by atoms with Gasteiger partial charge in [0, 0.05) is 30.1 Å². The van der Waals surface area contributed by atoms with E-state index in [1.54, 1.807) is 6.20 Å². The van der Waals surface area contributed by atoms with E-state index < -0.39 is 48.4 Å². The zero-order valence-corrected chi connectivity index (χ0v) is 22.1. The zero-order chi connectivity index (χ0) is 28.1. The Hall–Kier alpha value is -3.78. The standard InChI is InChI=1S/C24H36N8O5S/c1-38-10-8-18(23(36)37)31-20(33)13-30-22(35)19(11-14-12-29-17-7-3-2-5-15(14)17)32-21(34)16(25)6-4-9-28-24(26)27/h2-3,5,7,12,16,18-19,29H,4,6,8-11,13,25H2,1H3,(H,30,35)(H,31,33)(H,32,34)(H,36,37)(H4,26,27,28). The summed E-state index contributed by atoms with van der Waals surface area (Å²) >= 11 is 1.46. The number of carbonyl (C=O) groups excluding carboxylic acids is 3. The molecule has 0 aliphatic heterocycles. The number of aliphatic imine (C=N–C) groups is 1. The number of fused-ring (bicyclic) bond motifs is 1. The number of nitrogens with one attached hydrogen (secondary N) is 4. The summed E-state index contributed by atoms with van der Waals surface area (Å²) in [5.41, 5.74) is 18.3. The fourth-order valence-corrected chi connectivity index (χ4v) is 4.16. The molecule has 2 rings (SSSR count). The molecule has 0 saturated carbocycles. The van der Waals surface area contributed by atoms with Crippen molar-refractivity contribution in [2.45, 2.75) is 43.8 Å². The molecule has 1 heterocycles. The van der Waals surface area contributed by atoms with Gasteiger partial charge in [0.15, 0.2) is 5.96 Å². The molecule has 0 spiro atoms. The van der Waals surface area contributed by atoms with E-state index >= 15 is 0 Å². The average molecular weight is 549 g/mol. The molecule has 1 aromatic carbocycles. The van der Waals surface area contributed by atoms with Crippen LogP contribution in [0.2, 0.25) is 0 Å². The van der Waals surface area contributed by atoms with Crippen LogP contribution >= 0.6 is 11.8 Å². The van der Waals surface area contributed by atoms with Crippen molar-refractivity contribution >= 4 is 52.3 Å². The van der Waals surface area contributed by atoms with E-state index in [0.29, 0.717) is 25.1 Å². The van der Waals surface area contributed by atoms with E-state index in [1.165, 1.54) is 11.8 Å². The lowest BCUT2D eigenvalue weighted by molar-refractivity contribution is -0.141. The van der Waals surface area contributed by atoms with Gasteiger partial charge in [0.2, 0.25) is 17.7 Å². The number of nitrogens with zero attached hydrogens (tertiary/aromatic N) is 1. The number of guanidine groups is 1. The molecule has 0 saturated heterocycles. The highest BCUT2D eigenvalue weighted by Crippen LogP contribution is 2.19. The molecule has 3 atom stereocenters. The van der Waals surface area contributed by atoms with E-state index in [9.17, 15) is 24.3 Å². The first-order chi connectivity index (χ1) is 18.1. The third kappa shape index (κ3) is 9.94. The summed E-state index contributed by atoms with van der Waals surface area (Å²) < 4.78 is 0. The average Bonchev–Trinajstić information content (AvgIpc) is 3.29. The second-order valence-electron chi connectivity index (χ2n) is 8.64. The monoisotopic (exact) mass is 548 g/mol. The molecule has 0 bridgehead atoms. The van der Waals surface area contributed by atoms with Gasteiger partial charge in [-0.1, -0.05) is 18.2 Å². The normalized spacial score (nSPS) is 13.2. The molecule has 3 amide bonds. The number of carboxylic acids is 1. The van der Waals surface area contributed by atoms with Crippen LogP contribution in [0.3, 0.4) is 0 Å². The number of nitrogens with two attached hydrogens (primary N) is 3. The first kappa shape index (κ1) is 30.4. The minimum atomic E-state index is -1.16. The highest BCUT2D eigenvalue weighted by molar-refractivity contribution is 7.98. The predicted molar refractivity (Wildman–Crippen MR) is 147 cm³/mol. The van der Waals surface area contributed by atoms with Crippen molar-refractivity contribution in [2.24, 2.45) is 22.2 Å². The summed E-state index contributed by atoms with van der Waals surface area (Å²) in [5.74, 6) is -2.46. The smallest absolute Gasteiger partial charge is 0.326 e. The molecular weight excluding hydrogens is 512 g/mol. The second-order valence-corrected chi connectivity index (χ2v) is 9.62. The molecule has 1 aromatic heterocycles. The van der Waals surface area contributed by atoms with Crippen molar-refractivity contribution < 1.29 is 24.3 Å². The van der Waals surface area contributed by atoms with Gasteiger partial charge < -0.3 is 43.2 Å². The van der Waals surface area contributed by atoms with Crippen LogP contribution in [0.5, 0.6) is 0 Å². The molecule has 13 nitrogen and oxygen atoms in total. The zero-order valence-electron chi connectivity index (χ0n) is 21.2. The summed E-state index contributed by atoms with van der Waals surface area (Å²) in [6.07, 6.45) is 4.72. The number of aliphatic carboxylic acids is 1. The van der Waals surface area contributed by atoms with Crippen molar-refractivity contribution in [3.8, 4) is 0 Å². The van der Waals surface area contributed by atoms with Crippen LogP contribution in [0.4, 0.5) is 0 Å². The molecule has 38 heavy (non-hydrogen) atoms. The number of carboxylic acid groups (broad SMARTS) is 1. The molecule has 14 heteroatoms. The number of aromatic nitrogens is 1. The topological polar surface area (TPSA) is 231 Å². The quantitative estimate of drug-likeness (QED) is 0.0730. The van der Waals surface area contributed by atoms with Crippen LogP contribution in [0.15, 0.2) is 35.5 Å². The Morgan fingerprint density at radius 3 is 2.50 bits per heavy atom. The number of para-hydroxylation sites is 1. The van der Waals surface area contributed by atoms with E-state index in [0.717, 1.165) is 16.5 Å². The lowest BCUT2D eigenvalue weighted by atomic mass is 10.0. The van der Waals surface area contributed by atoms with E-state index in [4.69, 9.17) is 17.2 Å². The number of hydrogen-bond donors (Lipinski definition) is 8. The molecule has 11 N–H and O–H groups in total. The van der Waals surface area contributed by atoms with Gasteiger partial charge in [0.25, 0.3) is 0 Å². The number of carbonyl (C=O) groups is 4. The van der Waals surface area contributed by atoms with Crippen LogP contribution in [0, 0.1) is 0 Å². The molecular formula is C24H36N8O5S. The summed E-state index contributed by atoms with van der Waals surface area (Å²) in [6.45, 7) is -0.140. The first-order valence-corrected chi connectivity index (χ1v) is 13.5. The van der Waals surface area contributed by atoms with Crippen molar-refractivity contribution in [1.82, 2.24) is 20.9 Å². The molecule has 0 radical (unpaired) electrons. The maximum absolute atomic E-state index is 13.1. The molecule has 2 aromatic rings. The summed E-state index contributed by atoms with van der Waals surface area (Å²) in [6, 6.07) is 4.51. The highest BCUT2D eigenvalue weighted by Gasteiger charge is 2.26. The molecule has 0 fully saturated rings. The Kier molecular flexibility index (Phi) is 12.4. The molecule has 3 unspecified atom stereocenters. The van der Waals surface area contributed by atoms with Gasteiger partial charge in [0.05, 0.1) is 12.6 Å². The van der Waals surface area contributed by atoms with Crippen LogP contribution < -0.4 is 33.2 Å². The highest BCUT2D eigenvalue weighted by atomic mass is 32.2. The lowest BCUT2D eigenvalue weighted by Crippen LogP contribution is -2.54. The van der Waals surface area contributed by atoms with Crippen LogP contribution in [-0.2, 0) is 25.6 Å². The Balaban J connectivity index is 2.07. The predicted octanol–water partition coefficient (Wildman–Crippen LogP) is -0.985. The Morgan fingerprint density at radius 1 is 1.08 bits per heavy atom. The summed E-state index contributed by atoms with van der Waals surface area (Å²) in [7, 11) is 0. The number of amides is 3. The van der Waals surface area contributed by atoms with Crippen LogP contribution in [-0.4, -0.2) is 83.0 Å². The van der Waals surface area contributed by atoms with E-state index in [1.807, 2.05) is 30.5 Å². The Bertz CT molecular complexity index is 1130. The Morgan fingerprint density at radius 2 is 1.82 bits per heavy atom. The van der Waals surface area contributed by atoms with E-state index in [-0.39, 0.29) is 18.8 Å². The van der Waals surface area contributed by atoms with Crippen molar-refractivity contribution in [1.29, 1.82) is 0 Å². The fourth-order valence-electron chi connectivity index (χ4n) is 3.69. The lowest BCUT2D eigenvalue weighted by Gasteiger charge is -2.21. The fraction of sp³-hybridized carbons (Fsp3) is 0.458. The maximum atomic E-state index is 13.1. The number of H-pyrrole nitrogens is 1. The minimum Gasteiger partial charge on any atom is -0.480 e. The third-order valence-electron chi connectivity index (χ3n) is 5.70. The number of hydrogen-bond acceptors (Lipinski definition) is 7. The maximum Gasteiger partial charge on any atom is 0.326 e. The third-order valence-corrected chi connectivity index (χ3v) is 6.35. The van der Waals surface area contributed by atoms with Gasteiger partial charge in [0.1, 0.15) is 12.1 Å².